The zero-order valence-corrected chi connectivity index (χ0v) is 11.0. The molecule has 1 aromatic carbocycles. The van der Waals surface area contributed by atoms with Gasteiger partial charge in [0.2, 0.25) is 5.88 Å². The predicted octanol–water partition coefficient (Wildman–Crippen LogP) is 3.32. The first-order chi connectivity index (χ1) is 9.29. The summed E-state index contributed by atoms with van der Waals surface area (Å²) < 4.78 is 5.45. The Balaban J connectivity index is 1.91. The number of hydrogen-bond donors (Lipinski definition) is 1. The monoisotopic (exact) mass is 275 g/mol. The van der Waals surface area contributed by atoms with Crippen LogP contribution >= 0.6 is 11.6 Å². The Hall–Kier alpha value is -1.84. The van der Waals surface area contributed by atoms with Crippen LogP contribution in [0.1, 0.15) is 11.1 Å². The summed E-state index contributed by atoms with van der Waals surface area (Å²) in [6, 6.07) is 11.6. The van der Waals surface area contributed by atoms with Crippen molar-refractivity contribution in [3.63, 3.8) is 0 Å². The van der Waals surface area contributed by atoms with Crippen molar-refractivity contribution in [3.05, 3.63) is 64.8 Å². The van der Waals surface area contributed by atoms with E-state index in [1.807, 2.05) is 42.5 Å². The summed E-state index contributed by atoms with van der Waals surface area (Å²) in [4.78, 5) is 4.05. The van der Waals surface area contributed by atoms with Gasteiger partial charge >= 0.3 is 0 Å². The Morgan fingerprint density at radius 1 is 1.26 bits per heavy atom. The van der Waals surface area contributed by atoms with Gasteiger partial charge in [-0.2, -0.15) is 0 Å². The SMILES string of the molecule is OCc1cnc(OCC=Cc2ccccc2)c(Cl)c1. The van der Waals surface area contributed by atoms with E-state index in [-0.39, 0.29) is 6.61 Å². The molecule has 98 valence electrons. The van der Waals surface area contributed by atoms with Crippen molar-refractivity contribution in [2.75, 3.05) is 6.61 Å². The van der Waals surface area contributed by atoms with Gasteiger partial charge in [-0.3, -0.25) is 0 Å². The standard InChI is InChI=1S/C15H14ClNO2/c16-14-9-13(11-18)10-17-15(14)19-8-4-7-12-5-2-1-3-6-12/h1-7,9-10,18H,8,11H2. The lowest BCUT2D eigenvalue weighted by Gasteiger charge is -2.05. The molecule has 0 aliphatic rings. The Kier molecular flexibility index (Phi) is 4.95. The number of benzene rings is 1. The van der Waals surface area contributed by atoms with Crippen LogP contribution < -0.4 is 4.74 Å². The fourth-order valence-electron chi connectivity index (χ4n) is 1.53. The summed E-state index contributed by atoms with van der Waals surface area (Å²) in [5, 5.41) is 9.34. The van der Waals surface area contributed by atoms with Crippen molar-refractivity contribution < 1.29 is 9.84 Å². The third-order valence-corrected chi connectivity index (χ3v) is 2.74. The lowest BCUT2D eigenvalue weighted by atomic mass is 10.2. The van der Waals surface area contributed by atoms with Gasteiger partial charge in [0, 0.05) is 6.20 Å². The van der Waals surface area contributed by atoms with E-state index in [0.29, 0.717) is 23.1 Å². The number of halogens is 1. The molecule has 0 atom stereocenters. The second-order valence-electron chi connectivity index (χ2n) is 3.91. The molecular weight excluding hydrogens is 262 g/mol. The van der Waals surface area contributed by atoms with E-state index < -0.39 is 0 Å². The van der Waals surface area contributed by atoms with Crippen LogP contribution in [0, 0.1) is 0 Å². The third kappa shape index (κ3) is 4.09. The molecule has 3 nitrogen and oxygen atoms in total. The van der Waals surface area contributed by atoms with Crippen LogP contribution in [0.4, 0.5) is 0 Å². The number of aromatic nitrogens is 1. The first-order valence-electron chi connectivity index (χ1n) is 5.89. The van der Waals surface area contributed by atoms with E-state index in [1.165, 1.54) is 0 Å². The highest BCUT2D eigenvalue weighted by atomic mass is 35.5. The van der Waals surface area contributed by atoms with Crippen LogP contribution in [0.25, 0.3) is 6.08 Å². The van der Waals surface area contributed by atoms with E-state index in [9.17, 15) is 0 Å². The first kappa shape index (κ1) is 13.6. The smallest absolute Gasteiger partial charge is 0.232 e. The van der Waals surface area contributed by atoms with E-state index in [4.69, 9.17) is 21.4 Å². The second kappa shape index (κ2) is 6.92. The van der Waals surface area contributed by atoms with Crippen molar-refractivity contribution in [3.8, 4) is 5.88 Å². The first-order valence-corrected chi connectivity index (χ1v) is 6.27. The van der Waals surface area contributed by atoms with Gasteiger partial charge in [0.25, 0.3) is 0 Å². The number of nitrogens with zero attached hydrogens (tertiary/aromatic N) is 1. The molecule has 0 amide bonds. The minimum absolute atomic E-state index is 0.0824. The lowest BCUT2D eigenvalue weighted by Crippen LogP contribution is -1.97. The maximum absolute atomic E-state index is 8.94. The molecule has 0 aliphatic heterocycles. The molecule has 1 N–H and O–H groups in total. The van der Waals surface area contributed by atoms with Crippen molar-refractivity contribution in [1.29, 1.82) is 0 Å². The van der Waals surface area contributed by atoms with Gasteiger partial charge in [-0.05, 0) is 23.3 Å². The number of hydrogen-bond acceptors (Lipinski definition) is 3. The van der Waals surface area contributed by atoms with Gasteiger partial charge in [0.15, 0.2) is 0 Å². The van der Waals surface area contributed by atoms with Crippen LogP contribution in [-0.2, 0) is 6.61 Å². The van der Waals surface area contributed by atoms with E-state index in [0.717, 1.165) is 5.56 Å². The highest BCUT2D eigenvalue weighted by molar-refractivity contribution is 6.31. The highest BCUT2D eigenvalue weighted by Crippen LogP contribution is 2.22. The van der Waals surface area contributed by atoms with Gasteiger partial charge in [-0.25, -0.2) is 4.98 Å². The molecule has 0 bridgehead atoms. The van der Waals surface area contributed by atoms with Crippen LogP contribution in [0.5, 0.6) is 5.88 Å². The Morgan fingerprint density at radius 2 is 2.05 bits per heavy atom. The van der Waals surface area contributed by atoms with Crippen LogP contribution in [-0.4, -0.2) is 16.7 Å². The maximum atomic E-state index is 8.94. The molecule has 19 heavy (non-hydrogen) atoms. The van der Waals surface area contributed by atoms with Crippen molar-refractivity contribution in [1.82, 2.24) is 4.98 Å². The second-order valence-corrected chi connectivity index (χ2v) is 4.32. The maximum Gasteiger partial charge on any atom is 0.232 e. The predicted molar refractivity (Wildman–Crippen MR) is 76.1 cm³/mol. The molecule has 0 spiro atoms. The van der Waals surface area contributed by atoms with Gasteiger partial charge in [0.05, 0.1) is 6.61 Å². The molecule has 2 aromatic rings. The van der Waals surface area contributed by atoms with Crippen molar-refractivity contribution in [2.24, 2.45) is 0 Å². The molecule has 0 radical (unpaired) electrons. The average Bonchev–Trinajstić information content (AvgIpc) is 2.46. The fourth-order valence-corrected chi connectivity index (χ4v) is 1.78. The molecule has 0 saturated carbocycles. The molecule has 0 unspecified atom stereocenters. The fraction of sp³-hybridized carbons (Fsp3) is 0.133. The minimum atomic E-state index is -0.0824. The molecule has 0 fully saturated rings. The molecule has 1 heterocycles. The highest BCUT2D eigenvalue weighted by Gasteiger charge is 2.03. The van der Waals surface area contributed by atoms with Crippen LogP contribution in [0.15, 0.2) is 48.7 Å². The van der Waals surface area contributed by atoms with E-state index >= 15 is 0 Å². The normalized spacial score (nSPS) is 10.8. The Labute approximate surface area is 117 Å². The molecule has 0 aliphatic carbocycles. The molecule has 1 aromatic heterocycles. The summed E-state index contributed by atoms with van der Waals surface area (Å²) >= 11 is 5.98. The Bertz CT molecular complexity index is 555. The molecule has 0 saturated heterocycles. The van der Waals surface area contributed by atoms with Gasteiger partial charge in [0.1, 0.15) is 11.6 Å². The molecule has 2 rings (SSSR count). The van der Waals surface area contributed by atoms with Crippen molar-refractivity contribution >= 4 is 17.7 Å². The average molecular weight is 276 g/mol. The summed E-state index contributed by atoms with van der Waals surface area (Å²) in [6.45, 7) is 0.307. The molecule has 4 heteroatoms. The number of pyridine rings is 1. The summed E-state index contributed by atoms with van der Waals surface area (Å²) in [5.41, 5.74) is 1.78. The van der Waals surface area contributed by atoms with Crippen LogP contribution in [0.2, 0.25) is 5.02 Å². The number of aliphatic hydroxyl groups is 1. The summed E-state index contributed by atoms with van der Waals surface area (Å²) in [5.74, 6) is 0.372. The minimum Gasteiger partial charge on any atom is -0.472 e. The third-order valence-electron chi connectivity index (χ3n) is 2.47. The van der Waals surface area contributed by atoms with Gasteiger partial charge < -0.3 is 9.84 Å². The number of aliphatic hydroxyl groups excluding tert-OH is 1. The zero-order chi connectivity index (χ0) is 13.5. The summed E-state index contributed by atoms with van der Waals surface area (Å²) in [6.07, 6.45) is 5.41. The van der Waals surface area contributed by atoms with Crippen molar-refractivity contribution in [2.45, 2.75) is 6.61 Å². The Morgan fingerprint density at radius 3 is 2.74 bits per heavy atom. The van der Waals surface area contributed by atoms with Crippen LogP contribution in [0.3, 0.4) is 0 Å². The van der Waals surface area contributed by atoms with Gasteiger partial charge in [-0.1, -0.05) is 48.0 Å². The topological polar surface area (TPSA) is 42.4 Å². The quantitative estimate of drug-likeness (QED) is 0.910. The summed E-state index contributed by atoms with van der Waals surface area (Å²) in [7, 11) is 0. The number of rotatable bonds is 5. The zero-order valence-electron chi connectivity index (χ0n) is 10.3. The number of ether oxygens (including phenoxy) is 1. The largest absolute Gasteiger partial charge is 0.472 e. The molecular formula is C15H14ClNO2. The lowest BCUT2D eigenvalue weighted by molar-refractivity contribution is 0.280. The van der Waals surface area contributed by atoms with E-state index in [1.54, 1.807) is 12.3 Å². The van der Waals surface area contributed by atoms with Gasteiger partial charge in [-0.15, -0.1) is 0 Å². The van der Waals surface area contributed by atoms with E-state index in [2.05, 4.69) is 4.98 Å².